The number of phenolic OH excluding ortho intramolecular Hbond substituents is 1. The lowest BCUT2D eigenvalue weighted by molar-refractivity contribution is -0.136. The molecule has 1 amide bonds. The van der Waals surface area contributed by atoms with Crippen molar-refractivity contribution in [2.45, 2.75) is 38.1 Å². The molecular formula is C20H21NO4. The third-order valence-electron chi connectivity index (χ3n) is 4.62. The van der Waals surface area contributed by atoms with Crippen molar-refractivity contribution in [2.75, 3.05) is 0 Å². The Labute approximate surface area is 146 Å². The smallest absolute Gasteiger partial charge is 0.303 e. The molecule has 0 aromatic heterocycles. The first kappa shape index (κ1) is 17.0. The van der Waals surface area contributed by atoms with E-state index in [0.717, 1.165) is 36.0 Å². The molecule has 3 rings (SSSR count). The van der Waals surface area contributed by atoms with Gasteiger partial charge in [-0.05, 0) is 60.6 Å². The number of carboxylic acid groups (broad SMARTS) is 1. The monoisotopic (exact) mass is 339 g/mol. The predicted octanol–water partition coefficient (Wildman–Crippen LogP) is 3.22. The van der Waals surface area contributed by atoms with Gasteiger partial charge in [-0.2, -0.15) is 0 Å². The van der Waals surface area contributed by atoms with Gasteiger partial charge in [0.2, 0.25) is 0 Å². The largest absolute Gasteiger partial charge is 0.508 e. The number of phenols is 1. The van der Waals surface area contributed by atoms with Gasteiger partial charge in [-0.3, -0.25) is 9.59 Å². The van der Waals surface area contributed by atoms with E-state index >= 15 is 0 Å². The molecule has 25 heavy (non-hydrogen) atoms. The van der Waals surface area contributed by atoms with E-state index < -0.39 is 5.97 Å². The second-order valence-electron chi connectivity index (χ2n) is 6.35. The molecule has 3 N–H and O–H groups in total. The predicted molar refractivity (Wildman–Crippen MR) is 93.7 cm³/mol. The van der Waals surface area contributed by atoms with Gasteiger partial charge in [0.1, 0.15) is 5.75 Å². The van der Waals surface area contributed by atoms with E-state index in [0.29, 0.717) is 12.0 Å². The number of aryl methyl sites for hydroxylation is 2. The highest BCUT2D eigenvalue weighted by Crippen LogP contribution is 2.32. The molecule has 0 spiro atoms. The highest BCUT2D eigenvalue weighted by Gasteiger charge is 2.23. The number of aliphatic carboxylic acids is 1. The number of aromatic hydroxyl groups is 1. The summed E-state index contributed by atoms with van der Waals surface area (Å²) in [5, 5.41) is 21.6. The second kappa shape index (κ2) is 7.38. The number of carboxylic acids is 1. The molecule has 1 atom stereocenters. The number of rotatable bonds is 5. The van der Waals surface area contributed by atoms with Crippen LogP contribution in [0.5, 0.6) is 5.75 Å². The summed E-state index contributed by atoms with van der Waals surface area (Å²) in [7, 11) is 0. The summed E-state index contributed by atoms with van der Waals surface area (Å²) in [4.78, 5) is 23.6. The van der Waals surface area contributed by atoms with Gasteiger partial charge in [0.05, 0.1) is 6.04 Å². The normalized spacial score (nSPS) is 16.1. The zero-order valence-corrected chi connectivity index (χ0v) is 13.9. The van der Waals surface area contributed by atoms with Crippen molar-refractivity contribution < 1.29 is 19.8 Å². The molecule has 1 aliphatic rings. The average molecular weight is 339 g/mol. The van der Waals surface area contributed by atoms with Crippen molar-refractivity contribution in [1.29, 1.82) is 0 Å². The molecule has 0 saturated carbocycles. The number of hydrogen-bond acceptors (Lipinski definition) is 3. The van der Waals surface area contributed by atoms with Crippen LogP contribution in [0.25, 0.3) is 0 Å². The van der Waals surface area contributed by atoms with Crippen LogP contribution in [0.3, 0.4) is 0 Å². The first-order valence-corrected chi connectivity index (χ1v) is 8.47. The van der Waals surface area contributed by atoms with Crippen molar-refractivity contribution in [3.8, 4) is 5.75 Å². The molecule has 1 unspecified atom stereocenters. The van der Waals surface area contributed by atoms with Gasteiger partial charge in [-0.1, -0.05) is 24.3 Å². The number of fused-ring (bicyclic) bond motifs is 1. The summed E-state index contributed by atoms with van der Waals surface area (Å²) in [5.41, 5.74) is 3.37. The fourth-order valence-electron chi connectivity index (χ4n) is 3.39. The minimum atomic E-state index is -0.878. The number of hydrogen-bond donors (Lipinski definition) is 3. The molecule has 130 valence electrons. The Hall–Kier alpha value is -2.82. The van der Waals surface area contributed by atoms with E-state index in [1.54, 1.807) is 30.3 Å². The Morgan fingerprint density at radius 1 is 1.16 bits per heavy atom. The van der Waals surface area contributed by atoms with Crippen LogP contribution in [-0.4, -0.2) is 22.1 Å². The van der Waals surface area contributed by atoms with Crippen molar-refractivity contribution in [2.24, 2.45) is 0 Å². The lowest BCUT2D eigenvalue weighted by Gasteiger charge is -2.27. The summed E-state index contributed by atoms with van der Waals surface area (Å²) < 4.78 is 0. The highest BCUT2D eigenvalue weighted by molar-refractivity contribution is 5.96. The Balaban J connectivity index is 1.79. The molecule has 5 heteroatoms. The van der Waals surface area contributed by atoms with Gasteiger partial charge in [0.15, 0.2) is 0 Å². The molecule has 1 aliphatic carbocycles. The van der Waals surface area contributed by atoms with Crippen LogP contribution in [0, 0.1) is 0 Å². The quantitative estimate of drug-likeness (QED) is 0.780. The number of benzene rings is 2. The third-order valence-corrected chi connectivity index (χ3v) is 4.62. The molecule has 0 heterocycles. The molecule has 0 fully saturated rings. The average Bonchev–Trinajstić information content (AvgIpc) is 2.60. The molecule has 0 saturated heterocycles. The molecular weight excluding hydrogens is 318 g/mol. The van der Waals surface area contributed by atoms with Gasteiger partial charge < -0.3 is 15.5 Å². The first-order chi connectivity index (χ1) is 12.0. The molecule has 2 aromatic carbocycles. The minimum absolute atomic E-state index is 0.00413. The van der Waals surface area contributed by atoms with Crippen LogP contribution in [0.4, 0.5) is 0 Å². The summed E-state index contributed by atoms with van der Waals surface area (Å²) in [6.07, 6.45) is 3.01. The summed E-state index contributed by atoms with van der Waals surface area (Å²) in [6.45, 7) is 0. The fraction of sp³-hybridized carbons (Fsp3) is 0.300. The van der Waals surface area contributed by atoms with Crippen LogP contribution < -0.4 is 5.32 Å². The van der Waals surface area contributed by atoms with E-state index in [1.807, 2.05) is 12.1 Å². The molecule has 0 radical (unpaired) electrons. The lowest BCUT2D eigenvalue weighted by atomic mass is 9.87. The van der Waals surface area contributed by atoms with Crippen molar-refractivity contribution in [3.05, 3.63) is 64.7 Å². The van der Waals surface area contributed by atoms with Crippen molar-refractivity contribution in [1.82, 2.24) is 5.32 Å². The number of carbonyl (C=O) groups is 2. The summed E-state index contributed by atoms with van der Waals surface area (Å²) in [5.74, 6) is -0.826. The van der Waals surface area contributed by atoms with E-state index in [2.05, 4.69) is 5.32 Å². The van der Waals surface area contributed by atoms with E-state index in [9.17, 15) is 14.7 Å². The van der Waals surface area contributed by atoms with Gasteiger partial charge in [-0.25, -0.2) is 0 Å². The van der Waals surface area contributed by atoms with Crippen molar-refractivity contribution >= 4 is 11.9 Å². The standard InChI is InChI=1S/C20H21NO4/c22-15-9-10-16-14(12-15)5-3-7-18(16)21-20(25)17-6-2-1-4-13(17)8-11-19(23)24/h1-2,4,6,9-10,12,18,22H,3,5,7-8,11H2,(H,21,25)(H,23,24). The Morgan fingerprint density at radius 2 is 1.96 bits per heavy atom. The fourth-order valence-corrected chi connectivity index (χ4v) is 3.39. The topological polar surface area (TPSA) is 86.6 Å². The maximum Gasteiger partial charge on any atom is 0.303 e. The lowest BCUT2D eigenvalue weighted by Crippen LogP contribution is -2.31. The molecule has 0 bridgehead atoms. The van der Waals surface area contributed by atoms with Crippen molar-refractivity contribution in [3.63, 3.8) is 0 Å². The van der Waals surface area contributed by atoms with Crippen LogP contribution >= 0.6 is 0 Å². The Bertz CT molecular complexity index is 800. The van der Waals surface area contributed by atoms with Crippen LogP contribution in [0.1, 0.15) is 52.4 Å². The number of carbonyl (C=O) groups excluding carboxylic acids is 1. The van der Waals surface area contributed by atoms with Crippen LogP contribution in [-0.2, 0) is 17.6 Å². The van der Waals surface area contributed by atoms with E-state index in [1.165, 1.54) is 0 Å². The van der Waals surface area contributed by atoms with Crippen LogP contribution in [0.15, 0.2) is 42.5 Å². The SMILES string of the molecule is O=C(O)CCc1ccccc1C(=O)NC1CCCc2cc(O)ccc21. The maximum atomic E-state index is 12.7. The highest BCUT2D eigenvalue weighted by atomic mass is 16.4. The summed E-state index contributed by atoms with van der Waals surface area (Å²) in [6, 6.07) is 12.3. The molecule has 2 aromatic rings. The third kappa shape index (κ3) is 3.99. The van der Waals surface area contributed by atoms with E-state index in [-0.39, 0.29) is 24.1 Å². The zero-order valence-electron chi connectivity index (χ0n) is 13.9. The Kier molecular flexibility index (Phi) is 5.03. The number of nitrogens with one attached hydrogen (secondary N) is 1. The number of amides is 1. The first-order valence-electron chi connectivity index (χ1n) is 8.47. The second-order valence-corrected chi connectivity index (χ2v) is 6.35. The zero-order chi connectivity index (χ0) is 17.8. The molecule has 0 aliphatic heterocycles. The van der Waals surface area contributed by atoms with E-state index in [4.69, 9.17) is 5.11 Å². The van der Waals surface area contributed by atoms with Crippen LogP contribution in [0.2, 0.25) is 0 Å². The Morgan fingerprint density at radius 3 is 2.76 bits per heavy atom. The van der Waals surface area contributed by atoms with Gasteiger partial charge in [-0.15, -0.1) is 0 Å². The summed E-state index contributed by atoms with van der Waals surface area (Å²) >= 11 is 0. The van der Waals surface area contributed by atoms with Gasteiger partial charge in [0.25, 0.3) is 5.91 Å². The minimum Gasteiger partial charge on any atom is -0.508 e. The van der Waals surface area contributed by atoms with Gasteiger partial charge >= 0.3 is 5.97 Å². The maximum absolute atomic E-state index is 12.7. The molecule has 5 nitrogen and oxygen atoms in total. The van der Waals surface area contributed by atoms with Gasteiger partial charge in [0, 0.05) is 12.0 Å².